The first-order chi connectivity index (χ1) is 6.92. The molecule has 0 saturated carbocycles. The molecule has 0 unspecified atom stereocenters. The van der Waals surface area contributed by atoms with E-state index in [1.807, 2.05) is 0 Å². The van der Waals surface area contributed by atoms with E-state index < -0.39 is 0 Å². The Labute approximate surface area is 93.4 Å². The Balaban J connectivity index is 2.30. The number of likely N-dealkylation sites (tertiary alicyclic amines) is 1. The molecule has 15 heavy (non-hydrogen) atoms. The van der Waals surface area contributed by atoms with Crippen molar-refractivity contribution in [2.75, 3.05) is 40.3 Å². The molecular weight excluding hydrogens is 188 g/mol. The maximum absolute atomic E-state index is 11.6. The van der Waals surface area contributed by atoms with Gasteiger partial charge in [-0.05, 0) is 33.6 Å². The Bertz CT molecular complexity index is 224. The predicted octanol–water partition coefficient (Wildman–Crippen LogP) is 1.24. The highest BCUT2D eigenvalue weighted by Gasteiger charge is 2.33. The maximum Gasteiger partial charge on any atom is 0.141 e. The van der Waals surface area contributed by atoms with E-state index in [1.165, 1.54) is 6.42 Å². The van der Waals surface area contributed by atoms with Crippen molar-refractivity contribution >= 4 is 5.78 Å². The molecular formula is C12H24N2O. The quantitative estimate of drug-likeness (QED) is 0.700. The molecule has 3 heteroatoms. The summed E-state index contributed by atoms with van der Waals surface area (Å²) in [5.41, 5.74) is -0.129. The zero-order chi connectivity index (χ0) is 11.5. The Morgan fingerprint density at radius 1 is 1.40 bits per heavy atom. The van der Waals surface area contributed by atoms with E-state index >= 15 is 0 Å². The van der Waals surface area contributed by atoms with Crippen LogP contribution in [0.1, 0.15) is 26.7 Å². The smallest absolute Gasteiger partial charge is 0.141 e. The normalized spacial score (nSPS) is 22.3. The highest BCUT2D eigenvalue weighted by Crippen LogP contribution is 2.24. The highest BCUT2D eigenvalue weighted by molar-refractivity contribution is 5.85. The van der Waals surface area contributed by atoms with Gasteiger partial charge in [-0.1, -0.05) is 13.8 Å². The standard InChI is InChI=1S/C12H24N2O/c1-12(2)10-14(9-6-11(12)15)8-5-7-13(3)4/h5-10H2,1-4H3. The van der Waals surface area contributed by atoms with Gasteiger partial charge in [0.2, 0.25) is 0 Å². The van der Waals surface area contributed by atoms with E-state index in [0.29, 0.717) is 5.78 Å². The van der Waals surface area contributed by atoms with Crippen LogP contribution in [0.5, 0.6) is 0 Å². The van der Waals surface area contributed by atoms with Crippen LogP contribution in [0.2, 0.25) is 0 Å². The molecule has 1 aliphatic rings. The summed E-state index contributed by atoms with van der Waals surface area (Å²) in [7, 11) is 4.20. The van der Waals surface area contributed by atoms with E-state index in [0.717, 1.165) is 32.6 Å². The Morgan fingerprint density at radius 2 is 2.07 bits per heavy atom. The molecule has 88 valence electrons. The van der Waals surface area contributed by atoms with Crippen LogP contribution in [0.3, 0.4) is 0 Å². The Hall–Kier alpha value is -0.410. The van der Waals surface area contributed by atoms with Gasteiger partial charge in [0.05, 0.1) is 0 Å². The van der Waals surface area contributed by atoms with Gasteiger partial charge < -0.3 is 9.80 Å². The van der Waals surface area contributed by atoms with Crippen molar-refractivity contribution in [3.63, 3.8) is 0 Å². The second-order valence-corrected chi connectivity index (χ2v) is 5.49. The fraction of sp³-hybridized carbons (Fsp3) is 0.917. The molecule has 0 aromatic heterocycles. The second-order valence-electron chi connectivity index (χ2n) is 5.49. The van der Waals surface area contributed by atoms with E-state index in [9.17, 15) is 4.79 Å². The van der Waals surface area contributed by atoms with Crippen molar-refractivity contribution in [2.24, 2.45) is 5.41 Å². The molecule has 0 atom stereocenters. The van der Waals surface area contributed by atoms with Crippen molar-refractivity contribution in [1.82, 2.24) is 9.80 Å². The summed E-state index contributed by atoms with van der Waals surface area (Å²) in [5.74, 6) is 0.423. The monoisotopic (exact) mass is 212 g/mol. The lowest BCUT2D eigenvalue weighted by atomic mass is 9.83. The summed E-state index contributed by atoms with van der Waals surface area (Å²) in [6.45, 7) is 8.26. The fourth-order valence-electron chi connectivity index (χ4n) is 2.13. The zero-order valence-electron chi connectivity index (χ0n) is 10.5. The van der Waals surface area contributed by atoms with Crippen molar-refractivity contribution in [3.8, 4) is 0 Å². The number of rotatable bonds is 4. The number of carbonyl (C=O) groups is 1. The minimum Gasteiger partial charge on any atom is -0.309 e. The van der Waals surface area contributed by atoms with Crippen molar-refractivity contribution in [1.29, 1.82) is 0 Å². The largest absolute Gasteiger partial charge is 0.309 e. The van der Waals surface area contributed by atoms with Gasteiger partial charge in [0, 0.05) is 24.9 Å². The zero-order valence-corrected chi connectivity index (χ0v) is 10.5. The number of nitrogens with zero attached hydrogens (tertiary/aromatic N) is 2. The molecule has 0 bridgehead atoms. The van der Waals surface area contributed by atoms with Gasteiger partial charge in [0.1, 0.15) is 5.78 Å². The van der Waals surface area contributed by atoms with Crippen LogP contribution in [0.15, 0.2) is 0 Å². The van der Waals surface area contributed by atoms with Crippen LogP contribution in [0.25, 0.3) is 0 Å². The molecule has 0 spiro atoms. The van der Waals surface area contributed by atoms with Crippen molar-refractivity contribution < 1.29 is 4.79 Å². The molecule has 1 heterocycles. The number of Topliss-reactive ketones (excluding diaryl/α,β-unsaturated/α-hetero) is 1. The van der Waals surface area contributed by atoms with Crippen LogP contribution in [-0.2, 0) is 4.79 Å². The first-order valence-electron chi connectivity index (χ1n) is 5.82. The Morgan fingerprint density at radius 3 is 2.60 bits per heavy atom. The predicted molar refractivity (Wildman–Crippen MR) is 63.0 cm³/mol. The molecule has 1 rings (SSSR count). The average Bonchev–Trinajstić information content (AvgIpc) is 2.10. The molecule has 0 aromatic rings. The minimum atomic E-state index is -0.129. The van der Waals surface area contributed by atoms with Crippen LogP contribution in [-0.4, -0.2) is 55.9 Å². The molecule has 0 aliphatic carbocycles. The third-order valence-corrected chi connectivity index (χ3v) is 3.11. The number of hydrogen-bond acceptors (Lipinski definition) is 3. The number of carbonyl (C=O) groups excluding carboxylic acids is 1. The number of hydrogen-bond donors (Lipinski definition) is 0. The van der Waals surface area contributed by atoms with Crippen LogP contribution >= 0.6 is 0 Å². The summed E-state index contributed by atoms with van der Waals surface area (Å²) >= 11 is 0. The summed E-state index contributed by atoms with van der Waals surface area (Å²) < 4.78 is 0. The molecule has 0 N–H and O–H groups in total. The highest BCUT2D eigenvalue weighted by atomic mass is 16.1. The van der Waals surface area contributed by atoms with Gasteiger partial charge in [-0.2, -0.15) is 0 Å². The first kappa shape index (κ1) is 12.7. The lowest BCUT2D eigenvalue weighted by Gasteiger charge is -2.36. The molecule has 3 nitrogen and oxygen atoms in total. The van der Waals surface area contributed by atoms with Gasteiger partial charge in [-0.3, -0.25) is 4.79 Å². The third-order valence-electron chi connectivity index (χ3n) is 3.11. The molecule has 1 fully saturated rings. The third kappa shape index (κ3) is 3.92. The lowest BCUT2D eigenvalue weighted by molar-refractivity contribution is -0.131. The second kappa shape index (κ2) is 5.08. The van der Waals surface area contributed by atoms with Crippen LogP contribution < -0.4 is 0 Å². The van der Waals surface area contributed by atoms with Gasteiger partial charge >= 0.3 is 0 Å². The summed E-state index contributed by atoms with van der Waals surface area (Å²) in [5, 5.41) is 0. The van der Waals surface area contributed by atoms with Crippen LogP contribution in [0.4, 0.5) is 0 Å². The minimum absolute atomic E-state index is 0.129. The summed E-state index contributed by atoms with van der Waals surface area (Å²) in [6.07, 6.45) is 1.92. The van der Waals surface area contributed by atoms with E-state index in [4.69, 9.17) is 0 Å². The van der Waals surface area contributed by atoms with Crippen molar-refractivity contribution in [2.45, 2.75) is 26.7 Å². The van der Waals surface area contributed by atoms with Gasteiger partial charge in [0.15, 0.2) is 0 Å². The van der Waals surface area contributed by atoms with E-state index in [-0.39, 0.29) is 5.41 Å². The van der Waals surface area contributed by atoms with Gasteiger partial charge in [-0.15, -0.1) is 0 Å². The lowest BCUT2D eigenvalue weighted by Crippen LogP contribution is -2.46. The molecule has 0 radical (unpaired) electrons. The maximum atomic E-state index is 11.6. The van der Waals surface area contributed by atoms with Gasteiger partial charge in [-0.25, -0.2) is 0 Å². The number of ketones is 1. The molecule has 1 saturated heterocycles. The number of piperidine rings is 1. The summed E-state index contributed by atoms with van der Waals surface area (Å²) in [4.78, 5) is 16.2. The topological polar surface area (TPSA) is 23.6 Å². The van der Waals surface area contributed by atoms with E-state index in [1.54, 1.807) is 0 Å². The molecule has 0 aromatic carbocycles. The molecule has 0 amide bonds. The first-order valence-corrected chi connectivity index (χ1v) is 5.82. The van der Waals surface area contributed by atoms with Gasteiger partial charge in [0.25, 0.3) is 0 Å². The average molecular weight is 212 g/mol. The van der Waals surface area contributed by atoms with Crippen LogP contribution in [0, 0.1) is 5.41 Å². The van der Waals surface area contributed by atoms with Crippen molar-refractivity contribution in [3.05, 3.63) is 0 Å². The Kier molecular flexibility index (Phi) is 4.29. The fourth-order valence-corrected chi connectivity index (χ4v) is 2.13. The SMILES string of the molecule is CN(C)CCCN1CCC(=O)C(C)(C)C1. The van der Waals surface area contributed by atoms with E-state index in [2.05, 4.69) is 37.7 Å². The summed E-state index contributed by atoms with van der Waals surface area (Å²) in [6, 6.07) is 0. The molecule has 1 aliphatic heterocycles.